The maximum absolute atomic E-state index is 12.4. The fraction of sp³-hybridized carbons (Fsp3) is 0.200. The average molecular weight is 380 g/mol. The Bertz CT molecular complexity index is 982. The molecular formula is C15H16N4O4S2. The molecule has 0 saturated carbocycles. The molecule has 1 aromatic carbocycles. The van der Waals surface area contributed by atoms with E-state index in [1.807, 2.05) is 11.4 Å². The van der Waals surface area contributed by atoms with Gasteiger partial charge in [-0.25, -0.2) is 13.9 Å². The summed E-state index contributed by atoms with van der Waals surface area (Å²) in [6.07, 6.45) is 4.15. The highest BCUT2D eigenvalue weighted by atomic mass is 32.2. The number of benzene rings is 1. The quantitative estimate of drug-likeness (QED) is 0.497. The summed E-state index contributed by atoms with van der Waals surface area (Å²) >= 11 is 1.54. The van der Waals surface area contributed by atoms with Crippen LogP contribution in [0.25, 0.3) is 10.1 Å². The molecule has 3 rings (SSSR count). The summed E-state index contributed by atoms with van der Waals surface area (Å²) < 4.78 is 28.3. The summed E-state index contributed by atoms with van der Waals surface area (Å²) in [5, 5.41) is 15.9. The van der Waals surface area contributed by atoms with E-state index >= 15 is 0 Å². The summed E-state index contributed by atoms with van der Waals surface area (Å²) in [5.74, 6) is -0.841. The minimum atomic E-state index is -3.80. The van der Waals surface area contributed by atoms with Gasteiger partial charge in [0, 0.05) is 17.1 Å². The molecule has 0 aliphatic heterocycles. The predicted octanol–water partition coefficient (Wildman–Crippen LogP) is 1.44. The average Bonchev–Trinajstić information content (AvgIpc) is 3.22. The van der Waals surface area contributed by atoms with Gasteiger partial charge in [0.25, 0.3) is 5.91 Å². The number of amides is 1. The van der Waals surface area contributed by atoms with E-state index in [1.54, 1.807) is 35.9 Å². The van der Waals surface area contributed by atoms with E-state index in [4.69, 9.17) is 5.21 Å². The van der Waals surface area contributed by atoms with Gasteiger partial charge in [0.05, 0.1) is 18.5 Å². The Morgan fingerprint density at radius 3 is 2.88 bits per heavy atom. The first-order valence-electron chi connectivity index (χ1n) is 7.28. The summed E-state index contributed by atoms with van der Waals surface area (Å²) in [7, 11) is -3.80. The number of fused-ring (bicyclic) bond motifs is 1. The van der Waals surface area contributed by atoms with Crippen LogP contribution in [-0.4, -0.2) is 41.6 Å². The van der Waals surface area contributed by atoms with E-state index in [-0.39, 0.29) is 6.54 Å². The third-order valence-electron chi connectivity index (χ3n) is 3.66. The zero-order valence-electron chi connectivity index (χ0n) is 13.2. The molecule has 8 nitrogen and oxygen atoms in total. The topological polar surface area (TPSA) is 105 Å². The van der Waals surface area contributed by atoms with Gasteiger partial charge in [-0.1, -0.05) is 0 Å². The van der Waals surface area contributed by atoms with Gasteiger partial charge in [-0.05, 0) is 41.1 Å². The van der Waals surface area contributed by atoms with Gasteiger partial charge in [0.15, 0.2) is 0 Å². The van der Waals surface area contributed by atoms with Crippen LogP contribution in [-0.2, 0) is 21.4 Å². The van der Waals surface area contributed by atoms with Crippen molar-refractivity contribution in [2.75, 3.05) is 10.6 Å². The molecule has 0 aliphatic carbocycles. The highest BCUT2D eigenvalue weighted by Crippen LogP contribution is 2.29. The molecule has 1 atom stereocenters. The highest BCUT2D eigenvalue weighted by Gasteiger charge is 2.33. The number of carbonyl (C=O) groups excluding carboxylic acids is 1. The smallest absolute Gasteiger partial charge is 0.269 e. The number of sulfonamides is 1. The third kappa shape index (κ3) is 3.65. The molecular weight excluding hydrogens is 364 g/mol. The molecule has 0 aliphatic rings. The van der Waals surface area contributed by atoms with Gasteiger partial charge in [-0.3, -0.25) is 19.0 Å². The van der Waals surface area contributed by atoms with Crippen molar-refractivity contribution in [1.82, 2.24) is 15.3 Å². The second-order valence-electron chi connectivity index (χ2n) is 5.42. The fourth-order valence-electron chi connectivity index (χ4n) is 2.62. The Morgan fingerprint density at radius 2 is 2.24 bits per heavy atom. The Labute approximate surface area is 148 Å². The van der Waals surface area contributed by atoms with Crippen molar-refractivity contribution < 1.29 is 18.4 Å². The van der Waals surface area contributed by atoms with E-state index in [2.05, 4.69) is 5.10 Å². The SMILES string of the molecule is CS(=O)(=O)N(c1ccc2sccc2c1)[C@H](Cn1cccn1)C(=O)NO. The molecule has 2 aromatic heterocycles. The minimum Gasteiger partial charge on any atom is -0.289 e. The van der Waals surface area contributed by atoms with Crippen molar-refractivity contribution in [3.05, 3.63) is 48.1 Å². The first kappa shape index (κ1) is 17.4. The third-order valence-corrected chi connectivity index (χ3v) is 5.74. The molecule has 0 saturated heterocycles. The normalized spacial score (nSPS) is 12.9. The Kier molecular flexibility index (Phi) is 4.75. The molecule has 10 heteroatoms. The molecule has 0 radical (unpaired) electrons. The van der Waals surface area contributed by atoms with Gasteiger partial charge < -0.3 is 0 Å². The molecule has 0 spiro atoms. The number of hydrogen-bond donors (Lipinski definition) is 2. The van der Waals surface area contributed by atoms with Gasteiger partial charge in [-0.2, -0.15) is 5.10 Å². The monoisotopic (exact) mass is 380 g/mol. The number of thiophene rings is 1. The van der Waals surface area contributed by atoms with E-state index < -0.39 is 22.0 Å². The largest absolute Gasteiger partial charge is 0.289 e. The number of anilines is 1. The number of rotatable bonds is 6. The molecule has 2 heterocycles. The van der Waals surface area contributed by atoms with Gasteiger partial charge in [0.1, 0.15) is 6.04 Å². The lowest BCUT2D eigenvalue weighted by Gasteiger charge is -2.30. The summed E-state index contributed by atoms with van der Waals surface area (Å²) in [6.45, 7) is -0.0475. The Morgan fingerprint density at radius 1 is 1.44 bits per heavy atom. The maximum Gasteiger partial charge on any atom is 0.269 e. The number of aromatic nitrogens is 2. The van der Waals surface area contributed by atoms with Crippen LogP contribution in [0.15, 0.2) is 48.1 Å². The number of carbonyl (C=O) groups is 1. The maximum atomic E-state index is 12.4. The number of hydrogen-bond acceptors (Lipinski definition) is 6. The fourth-order valence-corrected chi connectivity index (χ4v) is 4.51. The van der Waals surface area contributed by atoms with Gasteiger partial charge in [0.2, 0.25) is 10.0 Å². The van der Waals surface area contributed by atoms with E-state index in [9.17, 15) is 13.2 Å². The van der Waals surface area contributed by atoms with Crippen molar-refractivity contribution in [3.63, 3.8) is 0 Å². The molecule has 132 valence electrons. The van der Waals surface area contributed by atoms with Crippen molar-refractivity contribution in [3.8, 4) is 0 Å². The molecule has 3 aromatic rings. The summed E-state index contributed by atoms with van der Waals surface area (Å²) in [5.41, 5.74) is 1.89. The van der Waals surface area contributed by atoms with Crippen LogP contribution in [0.3, 0.4) is 0 Å². The molecule has 25 heavy (non-hydrogen) atoms. The first-order valence-corrected chi connectivity index (χ1v) is 10.0. The van der Waals surface area contributed by atoms with Crippen LogP contribution in [0.1, 0.15) is 0 Å². The minimum absolute atomic E-state index is 0.0475. The molecule has 2 N–H and O–H groups in total. The van der Waals surface area contributed by atoms with Crippen molar-refractivity contribution >= 4 is 43.0 Å². The van der Waals surface area contributed by atoms with Crippen LogP contribution < -0.4 is 9.79 Å². The number of nitrogens with zero attached hydrogens (tertiary/aromatic N) is 3. The highest BCUT2D eigenvalue weighted by molar-refractivity contribution is 7.92. The Hall–Kier alpha value is -2.43. The van der Waals surface area contributed by atoms with E-state index in [0.29, 0.717) is 5.69 Å². The zero-order chi connectivity index (χ0) is 18.0. The second-order valence-corrected chi connectivity index (χ2v) is 8.23. The van der Waals surface area contributed by atoms with Gasteiger partial charge in [-0.15, -0.1) is 11.3 Å². The van der Waals surface area contributed by atoms with Crippen molar-refractivity contribution in [2.45, 2.75) is 12.6 Å². The van der Waals surface area contributed by atoms with E-state index in [0.717, 1.165) is 20.6 Å². The predicted molar refractivity (Wildman–Crippen MR) is 95.1 cm³/mol. The summed E-state index contributed by atoms with van der Waals surface area (Å²) in [4.78, 5) is 12.2. The van der Waals surface area contributed by atoms with Crippen molar-refractivity contribution in [2.24, 2.45) is 0 Å². The molecule has 0 fully saturated rings. The first-order chi connectivity index (χ1) is 11.9. The van der Waals surface area contributed by atoms with Crippen LogP contribution in [0.2, 0.25) is 0 Å². The van der Waals surface area contributed by atoms with Crippen LogP contribution in [0, 0.1) is 0 Å². The van der Waals surface area contributed by atoms with Crippen LogP contribution in [0.4, 0.5) is 5.69 Å². The second kappa shape index (κ2) is 6.82. The Balaban J connectivity index is 2.09. The van der Waals surface area contributed by atoms with Crippen LogP contribution in [0.5, 0.6) is 0 Å². The summed E-state index contributed by atoms with van der Waals surface area (Å²) in [6, 6.07) is 7.48. The van der Waals surface area contributed by atoms with E-state index in [1.165, 1.54) is 22.2 Å². The number of hydroxylamine groups is 1. The number of nitrogens with one attached hydrogen (secondary N) is 1. The molecule has 0 bridgehead atoms. The van der Waals surface area contributed by atoms with Crippen LogP contribution >= 0.6 is 11.3 Å². The molecule has 0 unspecified atom stereocenters. The van der Waals surface area contributed by atoms with Gasteiger partial charge >= 0.3 is 0 Å². The van der Waals surface area contributed by atoms with Crippen molar-refractivity contribution in [1.29, 1.82) is 0 Å². The standard InChI is InChI=1S/C15H16N4O4S2/c1-25(22,23)19(12-3-4-14-11(9-12)5-8-24-14)13(15(20)17-21)10-18-7-2-6-16-18/h2-9,13,21H,10H2,1H3,(H,17,20)/t13-/m1/s1. The lowest BCUT2D eigenvalue weighted by molar-refractivity contribution is -0.130. The lowest BCUT2D eigenvalue weighted by Crippen LogP contribution is -2.51. The molecule has 1 amide bonds. The zero-order valence-corrected chi connectivity index (χ0v) is 14.9. The lowest BCUT2D eigenvalue weighted by atomic mass is 10.2.